The lowest BCUT2D eigenvalue weighted by molar-refractivity contribution is -0.562. The van der Waals surface area contributed by atoms with E-state index in [0.29, 0.717) is 0 Å². The Morgan fingerprint density at radius 3 is 1.13 bits per heavy atom. The Balaban J connectivity index is 3.01. The Hall–Kier alpha value is -5.48. The van der Waals surface area contributed by atoms with Crippen LogP contribution in [-0.2, 0) is 0 Å². The fraction of sp³-hybridized carbons (Fsp3) is 0. The van der Waals surface area contributed by atoms with Crippen molar-refractivity contribution in [1.82, 2.24) is 18.7 Å². The number of hydrogen-bond acceptors (Lipinski definition) is 14. The molecule has 23 heteroatoms. The molecule has 3 rings (SSSR count). The van der Waals surface area contributed by atoms with Crippen molar-refractivity contribution in [3.8, 4) is 0 Å². The van der Waals surface area contributed by atoms with Gasteiger partial charge in [-0.2, -0.15) is 0 Å². The second kappa shape index (κ2) is 6.27. The van der Waals surface area contributed by atoms with Crippen LogP contribution in [0.1, 0.15) is 0 Å². The van der Waals surface area contributed by atoms with Gasteiger partial charge in [-0.3, -0.25) is 20.8 Å². The van der Waals surface area contributed by atoms with E-state index in [1.807, 2.05) is 0 Å². The highest BCUT2D eigenvalue weighted by Gasteiger charge is 2.45. The quantitative estimate of drug-likeness (QED) is 0.299. The summed E-state index contributed by atoms with van der Waals surface area (Å²) in [6, 6.07) is 0. The summed E-state index contributed by atoms with van der Waals surface area (Å²) in [5, 5.41) is 59.6. The summed E-state index contributed by atoms with van der Waals surface area (Å²) >= 11 is 0. The lowest BCUT2D eigenvalue weighted by Gasteiger charge is -2.04. The molecule has 2 heterocycles. The van der Waals surface area contributed by atoms with Gasteiger partial charge in [0.05, 0.1) is 4.92 Å². The van der Waals surface area contributed by atoms with Crippen LogP contribution in [0.5, 0.6) is 0 Å². The number of benzene rings is 1. The minimum absolute atomic E-state index is 0.693. The molecule has 31 heavy (non-hydrogen) atoms. The highest BCUT2D eigenvalue weighted by atomic mass is 16.7. The number of hydrogen-bond donors (Lipinski definition) is 2. The van der Waals surface area contributed by atoms with Crippen molar-refractivity contribution in [2.45, 2.75) is 0 Å². The SMILES string of the molecule is O=c1n([N+](=O)[O-])c2c(NO)c3c(c([N+](=O)[O-])c2n1[N+](=O)[O-])n([N+](=O)[O-])c(=O)n3[N+](=O)[O-]. The molecule has 0 saturated carbocycles. The Morgan fingerprint density at radius 1 is 0.613 bits per heavy atom. The number of imidazole rings is 2. The lowest BCUT2D eigenvalue weighted by atomic mass is 10.2. The maximum Gasteiger partial charge on any atom is 0.446 e. The van der Waals surface area contributed by atoms with Crippen LogP contribution < -0.4 is 16.9 Å². The molecule has 0 unspecified atom stereocenters. The molecule has 0 aliphatic carbocycles. The third kappa shape index (κ3) is 2.36. The zero-order valence-electron chi connectivity index (χ0n) is 13.9. The monoisotopic (exact) mass is 446 g/mol. The number of nitrogens with one attached hydrogen (secondary N) is 1. The zero-order chi connectivity index (χ0) is 23.5. The molecule has 23 nitrogen and oxygen atoms in total. The van der Waals surface area contributed by atoms with Gasteiger partial charge in [0.15, 0.2) is 31.2 Å². The number of fused-ring (bicyclic) bond motifs is 2. The van der Waals surface area contributed by atoms with Crippen LogP contribution in [0.3, 0.4) is 0 Å². The third-order valence-corrected chi connectivity index (χ3v) is 3.89. The fourth-order valence-electron chi connectivity index (χ4n) is 2.95. The van der Waals surface area contributed by atoms with Crippen LogP contribution in [0, 0.1) is 50.6 Å². The summed E-state index contributed by atoms with van der Waals surface area (Å²) in [4.78, 5) is 79.6. The van der Waals surface area contributed by atoms with Gasteiger partial charge in [0.25, 0.3) is 0 Å². The van der Waals surface area contributed by atoms with Gasteiger partial charge in [-0.1, -0.05) is 0 Å². The maximum atomic E-state index is 12.2. The normalized spacial score (nSPS) is 11.0. The number of non-ortho nitro benzene ring substituents is 1. The van der Waals surface area contributed by atoms with Gasteiger partial charge in [0.2, 0.25) is 11.0 Å². The summed E-state index contributed by atoms with van der Waals surface area (Å²) < 4.78 is -2.90. The average Bonchev–Trinajstić information content (AvgIpc) is 3.09. The minimum Gasteiger partial charge on any atom is -0.291 e. The minimum atomic E-state index is -2.15. The van der Waals surface area contributed by atoms with Crippen LogP contribution in [0.4, 0.5) is 11.4 Å². The molecule has 0 spiro atoms. The third-order valence-electron chi connectivity index (χ3n) is 3.89. The van der Waals surface area contributed by atoms with Crippen molar-refractivity contribution in [2.75, 3.05) is 5.48 Å². The first-order valence-corrected chi connectivity index (χ1v) is 7.02. The van der Waals surface area contributed by atoms with E-state index in [2.05, 4.69) is 0 Å². The van der Waals surface area contributed by atoms with E-state index < -0.39 is 88.6 Å². The van der Waals surface area contributed by atoms with Gasteiger partial charge in [0, 0.05) is 18.7 Å². The van der Waals surface area contributed by atoms with Gasteiger partial charge in [0.1, 0.15) is 5.69 Å². The summed E-state index contributed by atoms with van der Waals surface area (Å²) in [6.45, 7) is 0. The predicted octanol–water partition coefficient (Wildman–Crippen LogP) is -2.21. The molecule has 0 radical (unpaired) electrons. The van der Waals surface area contributed by atoms with Crippen LogP contribution >= 0.6 is 0 Å². The van der Waals surface area contributed by atoms with E-state index in [1.54, 1.807) is 0 Å². The molecule has 2 N–H and O–H groups in total. The molecule has 0 saturated heterocycles. The average molecular weight is 446 g/mol. The Labute approximate surface area is 160 Å². The molecule has 3 aromatic rings. The molecule has 0 fully saturated rings. The molecule has 1 aromatic carbocycles. The maximum absolute atomic E-state index is 12.2. The second-order valence-corrected chi connectivity index (χ2v) is 5.25. The number of rotatable bonds is 6. The van der Waals surface area contributed by atoms with Crippen LogP contribution in [-0.4, -0.2) is 49.0 Å². The molecule has 0 aliphatic rings. The van der Waals surface area contributed by atoms with E-state index in [9.17, 15) is 65.4 Å². The van der Waals surface area contributed by atoms with Gasteiger partial charge < -0.3 is 0 Å². The van der Waals surface area contributed by atoms with Crippen molar-refractivity contribution < 1.29 is 30.3 Å². The van der Waals surface area contributed by atoms with Crippen LogP contribution in [0.25, 0.3) is 22.1 Å². The van der Waals surface area contributed by atoms with Crippen molar-refractivity contribution >= 4 is 33.4 Å². The molecular weight excluding hydrogens is 444 g/mol. The van der Waals surface area contributed by atoms with E-state index in [0.717, 1.165) is 5.48 Å². The topological polar surface area (TPSA) is 302 Å². The molecule has 0 bridgehead atoms. The van der Waals surface area contributed by atoms with E-state index in [1.165, 1.54) is 0 Å². The number of nitrogens with zero attached hydrogens (tertiary/aromatic N) is 9. The van der Waals surface area contributed by atoms with E-state index in [4.69, 9.17) is 0 Å². The molecule has 0 atom stereocenters. The fourth-order valence-corrected chi connectivity index (χ4v) is 2.95. The van der Waals surface area contributed by atoms with Crippen molar-refractivity contribution in [3.05, 3.63) is 71.5 Å². The van der Waals surface area contributed by atoms with Crippen LogP contribution in [0.2, 0.25) is 0 Å². The van der Waals surface area contributed by atoms with Gasteiger partial charge >= 0.3 is 17.1 Å². The zero-order valence-corrected chi connectivity index (χ0v) is 13.9. The summed E-state index contributed by atoms with van der Waals surface area (Å²) in [6.07, 6.45) is 0. The Kier molecular flexibility index (Phi) is 4.10. The smallest absolute Gasteiger partial charge is 0.291 e. The first-order chi connectivity index (χ1) is 14.4. The lowest BCUT2D eigenvalue weighted by Crippen LogP contribution is -2.32. The molecule has 2 aromatic heterocycles. The Bertz CT molecular complexity index is 1400. The molecule has 0 aliphatic heterocycles. The summed E-state index contributed by atoms with van der Waals surface area (Å²) in [5.41, 5.74) is -12.5. The second-order valence-electron chi connectivity index (χ2n) is 5.25. The van der Waals surface area contributed by atoms with Crippen molar-refractivity contribution in [2.24, 2.45) is 0 Å². The van der Waals surface area contributed by atoms with Crippen LogP contribution in [0.15, 0.2) is 9.59 Å². The first-order valence-electron chi connectivity index (χ1n) is 7.02. The van der Waals surface area contributed by atoms with E-state index >= 15 is 0 Å². The Morgan fingerprint density at radius 2 is 0.903 bits per heavy atom. The number of nitro benzene ring substituents is 1. The number of aromatic nitrogens is 4. The van der Waals surface area contributed by atoms with Gasteiger partial charge in [-0.05, 0) is 0 Å². The first kappa shape index (κ1) is 20.3. The predicted molar refractivity (Wildman–Crippen MR) is 87.6 cm³/mol. The highest BCUT2D eigenvalue weighted by molar-refractivity contribution is 6.12. The standard InChI is InChI=1S/C8H2N10O13/c19-7-10(15(24)25)2-1(9-21)3-5(6(14(22)23)4(2)12(7)17(28)29)13(18(30)31)8(20)11(3)16(26)27/h9,21H. The number of anilines is 1. The highest BCUT2D eigenvalue weighted by Crippen LogP contribution is 2.40. The summed E-state index contributed by atoms with van der Waals surface area (Å²) in [5.74, 6) is 0. The van der Waals surface area contributed by atoms with Crippen molar-refractivity contribution in [1.29, 1.82) is 0 Å². The van der Waals surface area contributed by atoms with Gasteiger partial charge in [-0.25, -0.2) is 50.0 Å². The number of nitro groups is 5. The van der Waals surface area contributed by atoms with E-state index in [-0.39, 0.29) is 0 Å². The molecule has 162 valence electrons. The molecule has 0 amide bonds. The summed E-state index contributed by atoms with van der Waals surface area (Å²) in [7, 11) is 0. The molecular formula is C8H2N10O13. The largest absolute Gasteiger partial charge is 0.446 e. The van der Waals surface area contributed by atoms with Crippen molar-refractivity contribution in [3.63, 3.8) is 0 Å². The van der Waals surface area contributed by atoms with Gasteiger partial charge in [-0.15, -0.1) is 0 Å².